The van der Waals surface area contributed by atoms with E-state index in [4.69, 9.17) is 24.4 Å². The van der Waals surface area contributed by atoms with Crippen LogP contribution in [0, 0.1) is 0 Å². The van der Waals surface area contributed by atoms with Gasteiger partial charge in [0.1, 0.15) is 9.07 Å². The Hall–Kier alpha value is 0.480. The van der Waals surface area contributed by atoms with Crippen molar-refractivity contribution in [3.05, 3.63) is 0 Å². The molecule has 6 heteroatoms. The van der Waals surface area contributed by atoms with Gasteiger partial charge in [0.15, 0.2) is 0 Å². The van der Waals surface area contributed by atoms with Crippen LogP contribution in [-0.2, 0) is 0 Å². The maximum absolute atomic E-state index is 5.48. The topological polar surface area (TPSA) is 6.48 Å². The molecule has 0 aromatic rings. The highest BCUT2D eigenvalue weighted by molar-refractivity contribution is 8.04. The number of thiol groups is 2. The van der Waals surface area contributed by atoms with Crippen LogP contribution in [0.3, 0.4) is 0 Å². The molecule has 0 N–H and O–H groups in total. The van der Waals surface area contributed by atoms with Gasteiger partial charge in [-0.1, -0.05) is 24.4 Å². The van der Waals surface area contributed by atoms with Gasteiger partial charge in [-0.3, -0.25) is 0 Å². The second kappa shape index (κ2) is 8.61. The van der Waals surface area contributed by atoms with Crippen molar-refractivity contribution in [2.45, 2.75) is 38.2 Å². The average molecular weight is 325 g/mol. The van der Waals surface area contributed by atoms with Gasteiger partial charge < -0.3 is 9.80 Å². The third kappa shape index (κ3) is 5.23. The third-order valence-corrected chi connectivity index (χ3v) is 4.96. The van der Waals surface area contributed by atoms with Gasteiger partial charge in [-0.05, 0) is 27.7 Å². The Kier molecular flexibility index (Phi) is 8.84. The highest BCUT2D eigenvalue weighted by Gasteiger charge is 2.31. The van der Waals surface area contributed by atoms with Crippen molar-refractivity contribution in [1.29, 1.82) is 0 Å². The van der Waals surface area contributed by atoms with Crippen LogP contribution in [0.15, 0.2) is 0 Å². The van der Waals surface area contributed by atoms with Crippen molar-refractivity contribution in [2.24, 2.45) is 0 Å². The zero-order chi connectivity index (χ0) is 14.3. The summed E-state index contributed by atoms with van der Waals surface area (Å²) in [6.07, 6.45) is 0.589. The van der Waals surface area contributed by atoms with E-state index in [1.165, 1.54) is 0 Å². The van der Waals surface area contributed by atoms with Gasteiger partial charge in [-0.2, -0.15) is 25.3 Å². The molecule has 0 saturated heterocycles. The first-order valence-electron chi connectivity index (χ1n) is 6.35. The molecule has 0 radical (unpaired) electrons. The van der Waals surface area contributed by atoms with Gasteiger partial charge in [0, 0.05) is 32.6 Å². The SMILES string of the molecule is CCN(CC)C(=S)CC(S)(S)C(=S)N(CC)CC. The lowest BCUT2D eigenvalue weighted by Crippen LogP contribution is -2.44. The van der Waals surface area contributed by atoms with E-state index in [9.17, 15) is 0 Å². The molecular weight excluding hydrogens is 300 g/mol. The van der Waals surface area contributed by atoms with Crippen molar-refractivity contribution in [2.75, 3.05) is 26.2 Å². The molecule has 0 fully saturated rings. The van der Waals surface area contributed by atoms with Crippen LogP contribution in [0.25, 0.3) is 0 Å². The maximum atomic E-state index is 5.48. The molecule has 0 spiro atoms. The number of hydrogen-bond donors (Lipinski definition) is 2. The second-order valence-corrected chi connectivity index (χ2v) is 6.77. The smallest absolute Gasteiger partial charge is 0.112 e. The molecule has 18 heavy (non-hydrogen) atoms. The van der Waals surface area contributed by atoms with E-state index in [1.54, 1.807) is 0 Å². The zero-order valence-electron chi connectivity index (χ0n) is 11.6. The van der Waals surface area contributed by atoms with Crippen molar-refractivity contribution >= 4 is 59.7 Å². The first-order chi connectivity index (χ1) is 8.33. The van der Waals surface area contributed by atoms with E-state index in [2.05, 4.69) is 62.8 Å². The molecule has 0 rings (SSSR count). The number of thiocarbonyl (C=S) groups is 2. The summed E-state index contributed by atoms with van der Waals surface area (Å²) in [5, 5.41) is 0. The summed E-state index contributed by atoms with van der Waals surface area (Å²) < 4.78 is -0.652. The Balaban J connectivity index is 4.73. The Morgan fingerprint density at radius 1 is 0.889 bits per heavy atom. The minimum atomic E-state index is -0.652. The fourth-order valence-electron chi connectivity index (χ4n) is 1.74. The van der Waals surface area contributed by atoms with E-state index < -0.39 is 4.08 Å². The molecule has 0 aliphatic rings. The molecule has 0 aromatic carbocycles. The van der Waals surface area contributed by atoms with E-state index in [0.717, 1.165) is 36.2 Å². The fraction of sp³-hybridized carbons (Fsp3) is 0.833. The Labute approximate surface area is 133 Å². The summed E-state index contributed by atoms with van der Waals surface area (Å²) in [5.41, 5.74) is 0. The molecule has 0 aromatic heterocycles. The number of hydrogen-bond acceptors (Lipinski definition) is 4. The first-order valence-corrected chi connectivity index (χ1v) is 8.06. The maximum Gasteiger partial charge on any atom is 0.112 e. The third-order valence-electron chi connectivity index (χ3n) is 2.91. The molecule has 2 nitrogen and oxygen atoms in total. The number of rotatable bonds is 7. The lowest BCUT2D eigenvalue weighted by Gasteiger charge is -2.34. The van der Waals surface area contributed by atoms with E-state index >= 15 is 0 Å². The van der Waals surface area contributed by atoms with Gasteiger partial charge in [-0.25, -0.2) is 0 Å². The minimum Gasteiger partial charge on any atom is -0.367 e. The summed E-state index contributed by atoms with van der Waals surface area (Å²) in [6, 6.07) is 0. The minimum absolute atomic E-state index is 0.589. The predicted octanol–water partition coefficient (Wildman–Crippen LogP) is 3.27. The molecule has 0 saturated carbocycles. The largest absolute Gasteiger partial charge is 0.367 e. The highest BCUT2D eigenvalue weighted by Crippen LogP contribution is 2.29. The molecular formula is C12H24N2S4. The van der Waals surface area contributed by atoms with Crippen molar-refractivity contribution in [3.63, 3.8) is 0 Å². The van der Waals surface area contributed by atoms with Gasteiger partial charge in [-0.15, -0.1) is 0 Å². The highest BCUT2D eigenvalue weighted by atomic mass is 32.2. The standard InChI is InChI=1S/C12H24N2S4/c1-5-13(6-2)10(15)9-12(17,18)11(16)14(7-3)8-4/h17-18H,5-9H2,1-4H3. The van der Waals surface area contributed by atoms with Crippen LogP contribution in [0.1, 0.15) is 34.1 Å². The second-order valence-electron chi connectivity index (χ2n) is 4.04. The monoisotopic (exact) mass is 324 g/mol. The van der Waals surface area contributed by atoms with Gasteiger partial charge >= 0.3 is 0 Å². The summed E-state index contributed by atoms with van der Waals surface area (Å²) in [6.45, 7) is 11.9. The Morgan fingerprint density at radius 3 is 1.61 bits per heavy atom. The predicted molar refractivity (Wildman–Crippen MR) is 96.4 cm³/mol. The molecule has 106 valence electrons. The van der Waals surface area contributed by atoms with Crippen LogP contribution in [0.2, 0.25) is 0 Å². The number of nitrogens with zero attached hydrogens (tertiary/aromatic N) is 2. The molecule has 0 atom stereocenters. The van der Waals surface area contributed by atoms with Crippen LogP contribution in [0.5, 0.6) is 0 Å². The van der Waals surface area contributed by atoms with E-state index in [-0.39, 0.29) is 0 Å². The van der Waals surface area contributed by atoms with Crippen LogP contribution in [-0.4, -0.2) is 50.0 Å². The molecule has 0 aliphatic carbocycles. The molecule has 0 heterocycles. The van der Waals surface area contributed by atoms with Crippen LogP contribution in [0.4, 0.5) is 0 Å². The first kappa shape index (κ1) is 18.5. The molecule has 0 amide bonds. The van der Waals surface area contributed by atoms with Gasteiger partial charge in [0.25, 0.3) is 0 Å². The quantitative estimate of drug-likeness (QED) is 0.421. The Bertz CT molecular complexity index is 284. The normalized spacial score (nSPS) is 11.2. The lowest BCUT2D eigenvalue weighted by molar-refractivity contribution is 0.452. The average Bonchev–Trinajstić information content (AvgIpc) is 2.31. The van der Waals surface area contributed by atoms with Crippen LogP contribution >= 0.6 is 49.7 Å². The molecule has 0 bridgehead atoms. The zero-order valence-corrected chi connectivity index (χ0v) is 15.1. The van der Waals surface area contributed by atoms with E-state index in [1.807, 2.05) is 0 Å². The molecule has 0 aliphatic heterocycles. The lowest BCUT2D eigenvalue weighted by atomic mass is 10.2. The molecule has 0 unspecified atom stereocenters. The van der Waals surface area contributed by atoms with Crippen molar-refractivity contribution in [1.82, 2.24) is 9.80 Å². The van der Waals surface area contributed by atoms with E-state index in [0.29, 0.717) is 6.42 Å². The summed E-state index contributed by atoms with van der Waals surface area (Å²) in [7, 11) is 0. The summed E-state index contributed by atoms with van der Waals surface area (Å²) in [4.78, 5) is 5.87. The summed E-state index contributed by atoms with van der Waals surface area (Å²) in [5.74, 6) is 0. The van der Waals surface area contributed by atoms with Crippen molar-refractivity contribution < 1.29 is 0 Å². The Morgan fingerprint density at radius 2 is 1.28 bits per heavy atom. The van der Waals surface area contributed by atoms with Gasteiger partial charge in [0.05, 0.1) is 4.99 Å². The fourth-order valence-corrected chi connectivity index (χ4v) is 3.34. The summed E-state index contributed by atoms with van der Waals surface area (Å²) >= 11 is 20.1. The van der Waals surface area contributed by atoms with Crippen LogP contribution < -0.4 is 0 Å². The van der Waals surface area contributed by atoms with Gasteiger partial charge in [0.2, 0.25) is 0 Å². The van der Waals surface area contributed by atoms with Crippen molar-refractivity contribution in [3.8, 4) is 0 Å².